The van der Waals surface area contributed by atoms with E-state index in [1.165, 1.54) is 26.4 Å². The van der Waals surface area contributed by atoms with Crippen molar-refractivity contribution in [1.82, 2.24) is 5.32 Å². The van der Waals surface area contributed by atoms with Gasteiger partial charge in [-0.25, -0.2) is 0 Å². The van der Waals surface area contributed by atoms with Crippen molar-refractivity contribution in [3.05, 3.63) is 17.7 Å². The zero-order chi connectivity index (χ0) is 15.1. The minimum absolute atomic E-state index is 0.167. The van der Waals surface area contributed by atoms with E-state index in [0.29, 0.717) is 23.7 Å². The van der Waals surface area contributed by atoms with Crippen LogP contribution in [0.5, 0.6) is 11.5 Å². The topological polar surface area (TPSA) is 103 Å². The number of primary amides is 1. The Labute approximate surface area is 117 Å². The molecule has 0 atom stereocenters. The molecular formula is C13H19N3O4. The fourth-order valence-electron chi connectivity index (χ4n) is 1.64. The van der Waals surface area contributed by atoms with E-state index in [0.717, 1.165) is 0 Å². The van der Waals surface area contributed by atoms with Crippen LogP contribution in [0.15, 0.2) is 12.1 Å². The third kappa shape index (κ3) is 3.86. The Bertz CT molecular complexity index is 503. The lowest BCUT2D eigenvalue weighted by Crippen LogP contribution is -2.21. The molecule has 7 heteroatoms. The van der Waals surface area contributed by atoms with Gasteiger partial charge in [-0.15, -0.1) is 0 Å². The number of benzene rings is 1. The van der Waals surface area contributed by atoms with Crippen LogP contribution in [-0.2, 0) is 4.79 Å². The van der Waals surface area contributed by atoms with Crippen LogP contribution < -0.4 is 25.8 Å². The number of anilines is 1. The van der Waals surface area contributed by atoms with Gasteiger partial charge in [0.05, 0.1) is 25.5 Å². The summed E-state index contributed by atoms with van der Waals surface area (Å²) in [6.45, 7) is 0.533. The van der Waals surface area contributed by atoms with Crippen molar-refractivity contribution in [2.45, 2.75) is 6.42 Å². The highest BCUT2D eigenvalue weighted by Crippen LogP contribution is 2.33. The molecule has 2 amide bonds. The van der Waals surface area contributed by atoms with Gasteiger partial charge < -0.3 is 25.8 Å². The molecule has 0 aliphatic heterocycles. The largest absolute Gasteiger partial charge is 0.493 e. The van der Waals surface area contributed by atoms with Gasteiger partial charge in [0, 0.05) is 19.0 Å². The normalized spacial score (nSPS) is 9.95. The van der Waals surface area contributed by atoms with Gasteiger partial charge in [-0.3, -0.25) is 9.59 Å². The highest BCUT2D eigenvalue weighted by molar-refractivity contribution is 6.03. The number of nitrogens with two attached hydrogens (primary N) is 1. The lowest BCUT2D eigenvalue weighted by Gasteiger charge is -2.14. The number of amides is 2. The monoisotopic (exact) mass is 281 g/mol. The summed E-state index contributed by atoms with van der Waals surface area (Å²) in [5, 5.41) is 5.50. The van der Waals surface area contributed by atoms with Crippen molar-refractivity contribution in [3.8, 4) is 11.5 Å². The first-order valence-electron chi connectivity index (χ1n) is 6.03. The molecule has 0 aliphatic carbocycles. The van der Waals surface area contributed by atoms with Crippen LogP contribution in [0.3, 0.4) is 0 Å². The van der Waals surface area contributed by atoms with Gasteiger partial charge in [0.25, 0.3) is 5.91 Å². The smallest absolute Gasteiger partial charge is 0.250 e. The van der Waals surface area contributed by atoms with E-state index >= 15 is 0 Å². The summed E-state index contributed by atoms with van der Waals surface area (Å²) in [4.78, 5) is 23.2. The zero-order valence-corrected chi connectivity index (χ0v) is 11.8. The summed E-state index contributed by atoms with van der Waals surface area (Å²) in [6.07, 6.45) is 0.281. The Kier molecular flexibility index (Phi) is 5.79. The third-order valence-corrected chi connectivity index (χ3v) is 2.67. The van der Waals surface area contributed by atoms with Crippen LogP contribution >= 0.6 is 0 Å². The molecule has 0 aromatic heterocycles. The van der Waals surface area contributed by atoms with E-state index in [2.05, 4.69) is 10.6 Å². The predicted octanol–water partition coefficient (Wildman–Crippen LogP) is 0.351. The Morgan fingerprint density at radius 3 is 2.30 bits per heavy atom. The molecule has 0 saturated carbocycles. The lowest BCUT2D eigenvalue weighted by atomic mass is 10.1. The quantitative estimate of drug-likeness (QED) is 0.669. The highest BCUT2D eigenvalue weighted by Gasteiger charge is 2.16. The molecule has 1 aromatic rings. The molecule has 0 bridgehead atoms. The number of methoxy groups -OCH3 is 2. The fraction of sp³-hybridized carbons (Fsp3) is 0.385. The van der Waals surface area contributed by atoms with Gasteiger partial charge in [0.2, 0.25) is 5.91 Å². The van der Waals surface area contributed by atoms with Crippen LogP contribution in [0, 0.1) is 0 Å². The van der Waals surface area contributed by atoms with E-state index in [4.69, 9.17) is 15.2 Å². The summed E-state index contributed by atoms with van der Waals surface area (Å²) in [7, 11) is 4.67. The number of ether oxygens (including phenoxy) is 2. The first-order chi connectivity index (χ1) is 9.53. The SMILES string of the molecule is CNCCC(=O)Nc1cc(OC)c(OC)cc1C(N)=O. The van der Waals surface area contributed by atoms with Gasteiger partial charge in [0.15, 0.2) is 11.5 Å². The Morgan fingerprint density at radius 2 is 1.80 bits per heavy atom. The van der Waals surface area contributed by atoms with Crippen molar-refractivity contribution in [2.75, 3.05) is 33.1 Å². The molecule has 1 aromatic carbocycles. The minimum Gasteiger partial charge on any atom is -0.493 e. The summed E-state index contributed by atoms with van der Waals surface area (Å²) >= 11 is 0. The summed E-state index contributed by atoms with van der Waals surface area (Å²) in [5.74, 6) is -0.111. The Morgan fingerprint density at radius 1 is 1.20 bits per heavy atom. The zero-order valence-electron chi connectivity index (χ0n) is 11.8. The number of rotatable bonds is 7. The second kappa shape index (κ2) is 7.34. The van der Waals surface area contributed by atoms with Crippen molar-refractivity contribution in [1.29, 1.82) is 0 Å². The summed E-state index contributed by atoms with van der Waals surface area (Å²) < 4.78 is 10.2. The molecule has 0 spiro atoms. The Hall–Kier alpha value is -2.28. The van der Waals surface area contributed by atoms with E-state index in [1.54, 1.807) is 7.05 Å². The molecule has 20 heavy (non-hydrogen) atoms. The first kappa shape index (κ1) is 15.8. The van der Waals surface area contributed by atoms with Crippen LogP contribution in [0.25, 0.3) is 0 Å². The molecule has 0 fully saturated rings. The standard InChI is InChI=1S/C13H19N3O4/c1-15-5-4-12(17)16-9-7-11(20-3)10(19-2)6-8(9)13(14)18/h6-7,15H,4-5H2,1-3H3,(H2,14,18)(H,16,17). The molecule has 0 saturated heterocycles. The predicted molar refractivity (Wildman–Crippen MR) is 75.2 cm³/mol. The van der Waals surface area contributed by atoms with Crippen LogP contribution in [-0.4, -0.2) is 39.6 Å². The maximum Gasteiger partial charge on any atom is 0.250 e. The number of hydrogen-bond acceptors (Lipinski definition) is 5. The fourth-order valence-corrected chi connectivity index (χ4v) is 1.64. The number of carbonyl (C=O) groups is 2. The van der Waals surface area contributed by atoms with Crippen molar-refractivity contribution in [2.24, 2.45) is 5.73 Å². The maximum absolute atomic E-state index is 11.7. The first-order valence-corrected chi connectivity index (χ1v) is 6.03. The van der Waals surface area contributed by atoms with E-state index in [-0.39, 0.29) is 17.9 Å². The molecule has 0 unspecified atom stereocenters. The molecule has 1 rings (SSSR count). The van der Waals surface area contributed by atoms with Crippen molar-refractivity contribution >= 4 is 17.5 Å². The molecule has 0 radical (unpaired) electrons. The number of nitrogens with one attached hydrogen (secondary N) is 2. The van der Waals surface area contributed by atoms with E-state index in [1.807, 2.05) is 0 Å². The molecular weight excluding hydrogens is 262 g/mol. The van der Waals surface area contributed by atoms with Crippen LogP contribution in [0.4, 0.5) is 5.69 Å². The van der Waals surface area contributed by atoms with Gasteiger partial charge in [-0.05, 0) is 13.1 Å². The second-order valence-electron chi connectivity index (χ2n) is 4.02. The molecule has 110 valence electrons. The van der Waals surface area contributed by atoms with Gasteiger partial charge in [-0.1, -0.05) is 0 Å². The highest BCUT2D eigenvalue weighted by atomic mass is 16.5. The van der Waals surface area contributed by atoms with Crippen LogP contribution in [0.2, 0.25) is 0 Å². The summed E-state index contributed by atoms with van der Waals surface area (Å²) in [6, 6.07) is 2.95. The second-order valence-corrected chi connectivity index (χ2v) is 4.02. The molecule has 7 nitrogen and oxygen atoms in total. The third-order valence-electron chi connectivity index (χ3n) is 2.67. The maximum atomic E-state index is 11.7. The van der Waals surface area contributed by atoms with Gasteiger partial charge in [0.1, 0.15) is 0 Å². The van der Waals surface area contributed by atoms with Crippen molar-refractivity contribution in [3.63, 3.8) is 0 Å². The summed E-state index contributed by atoms with van der Waals surface area (Å²) in [5.41, 5.74) is 5.78. The van der Waals surface area contributed by atoms with E-state index < -0.39 is 5.91 Å². The number of carbonyl (C=O) groups excluding carboxylic acids is 2. The lowest BCUT2D eigenvalue weighted by molar-refractivity contribution is -0.116. The van der Waals surface area contributed by atoms with Crippen molar-refractivity contribution < 1.29 is 19.1 Å². The van der Waals surface area contributed by atoms with E-state index in [9.17, 15) is 9.59 Å². The van der Waals surface area contributed by atoms with Gasteiger partial charge in [-0.2, -0.15) is 0 Å². The molecule has 0 heterocycles. The molecule has 4 N–H and O–H groups in total. The van der Waals surface area contributed by atoms with Crippen LogP contribution in [0.1, 0.15) is 16.8 Å². The minimum atomic E-state index is -0.658. The average molecular weight is 281 g/mol. The number of hydrogen-bond donors (Lipinski definition) is 3. The van der Waals surface area contributed by atoms with Gasteiger partial charge >= 0.3 is 0 Å². The molecule has 0 aliphatic rings. The average Bonchev–Trinajstić information content (AvgIpc) is 2.44. The Balaban J connectivity index is 3.09.